The third-order valence-corrected chi connectivity index (χ3v) is 5.82. The van der Waals surface area contributed by atoms with Crippen molar-refractivity contribution >= 4 is 10.9 Å². The average Bonchev–Trinajstić information content (AvgIpc) is 3.35. The van der Waals surface area contributed by atoms with Crippen LogP contribution in [-0.4, -0.2) is 16.7 Å². The fraction of sp³-hybridized carbons (Fsp3) is 0.391. The van der Waals surface area contributed by atoms with Crippen molar-refractivity contribution in [1.82, 2.24) is 9.55 Å². The number of rotatable bonds is 4. The van der Waals surface area contributed by atoms with Crippen molar-refractivity contribution in [2.45, 2.75) is 51.0 Å². The van der Waals surface area contributed by atoms with Gasteiger partial charge >= 0.3 is 0 Å². The lowest BCUT2D eigenvalue weighted by Gasteiger charge is -2.16. The van der Waals surface area contributed by atoms with E-state index in [2.05, 4.69) is 52.1 Å². The Labute approximate surface area is 160 Å². The summed E-state index contributed by atoms with van der Waals surface area (Å²) in [6.07, 6.45) is 9.12. The number of aromatic nitrogens is 2. The number of ether oxygens (including phenoxy) is 1. The largest absolute Gasteiger partial charge is 0.480 e. The van der Waals surface area contributed by atoms with Crippen molar-refractivity contribution in [3.05, 3.63) is 48.3 Å². The van der Waals surface area contributed by atoms with Gasteiger partial charge in [-0.15, -0.1) is 0 Å². The quantitative estimate of drug-likeness (QED) is 0.607. The molecule has 0 radical (unpaired) electrons. The minimum absolute atomic E-state index is 0.490. The molecule has 2 heterocycles. The van der Waals surface area contributed by atoms with E-state index in [1.165, 1.54) is 31.2 Å². The molecule has 0 N–H and O–H groups in total. The molecule has 0 spiro atoms. The maximum Gasteiger partial charge on any atom is 0.223 e. The summed E-state index contributed by atoms with van der Waals surface area (Å²) in [5.74, 6) is 0.667. The van der Waals surface area contributed by atoms with E-state index in [4.69, 9.17) is 4.74 Å². The topological polar surface area (TPSA) is 50.8 Å². The van der Waals surface area contributed by atoms with Gasteiger partial charge < -0.3 is 9.30 Å². The molecule has 0 amide bonds. The van der Waals surface area contributed by atoms with Gasteiger partial charge in [0.2, 0.25) is 5.88 Å². The number of nitrogens with zero attached hydrogens (tertiary/aromatic N) is 3. The van der Waals surface area contributed by atoms with Crippen LogP contribution < -0.4 is 4.74 Å². The highest BCUT2D eigenvalue weighted by atomic mass is 16.5. The predicted molar refractivity (Wildman–Crippen MR) is 108 cm³/mol. The van der Waals surface area contributed by atoms with Crippen LogP contribution in [0.2, 0.25) is 0 Å². The lowest BCUT2D eigenvalue weighted by molar-refractivity contribution is 0.403. The second kappa shape index (κ2) is 6.74. The molecule has 27 heavy (non-hydrogen) atoms. The molecular formula is C23H25N3O. The van der Waals surface area contributed by atoms with E-state index in [-0.39, 0.29) is 0 Å². The second-order valence-corrected chi connectivity index (χ2v) is 7.92. The number of pyridine rings is 1. The summed E-state index contributed by atoms with van der Waals surface area (Å²) in [4.78, 5) is 4.44. The van der Waals surface area contributed by atoms with Gasteiger partial charge in [0.25, 0.3) is 0 Å². The third-order valence-electron chi connectivity index (χ3n) is 5.82. The summed E-state index contributed by atoms with van der Waals surface area (Å²) in [5.41, 5.74) is 3.99. The van der Waals surface area contributed by atoms with Crippen LogP contribution >= 0.6 is 0 Å². The highest BCUT2D eigenvalue weighted by molar-refractivity contribution is 5.99. The first-order valence-electron chi connectivity index (χ1n) is 9.61. The average molecular weight is 359 g/mol. The summed E-state index contributed by atoms with van der Waals surface area (Å²) >= 11 is 0. The van der Waals surface area contributed by atoms with E-state index >= 15 is 0 Å². The van der Waals surface area contributed by atoms with Crippen molar-refractivity contribution in [2.75, 3.05) is 7.11 Å². The van der Waals surface area contributed by atoms with Crippen LogP contribution in [0.15, 0.2) is 42.7 Å². The Balaban J connectivity index is 1.87. The zero-order valence-electron chi connectivity index (χ0n) is 16.2. The van der Waals surface area contributed by atoms with Crippen LogP contribution in [0.5, 0.6) is 5.88 Å². The number of benzene rings is 1. The van der Waals surface area contributed by atoms with Crippen molar-refractivity contribution in [3.63, 3.8) is 0 Å². The van der Waals surface area contributed by atoms with Gasteiger partial charge in [-0.3, -0.25) is 0 Å². The van der Waals surface area contributed by atoms with E-state index in [0.29, 0.717) is 11.9 Å². The van der Waals surface area contributed by atoms with E-state index in [9.17, 15) is 5.26 Å². The summed E-state index contributed by atoms with van der Waals surface area (Å²) in [5, 5.41) is 10.5. The Hall–Kier alpha value is -2.80. The molecule has 0 unspecified atom stereocenters. The highest BCUT2D eigenvalue weighted by Crippen LogP contribution is 2.41. The molecule has 4 rings (SSSR count). The van der Waals surface area contributed by atoms with Crippen molar-refractivity contribution in [2.24, 2.45) is 0 Å². The van der Waals surface area contributed by atoms with Crippen LogP contribution in [0.3, 0.4) is 0 Å². The van der Waals surface area contributed by atoms with Crippen LogP contribution in [-0.2, 0) is 5.41 Å². The molecular weight excluding hydrogens is 334 g/mol. The van der Waals surface area contributed by atoms with Gasteiger partial charge in [-0.05, 0) is 43.9 Å². The highest BCUT2D eigenvalue weighted by Gasteiger charge is 2.24. The van der Waals surface area contributed by atoms with E-state index < -0.39 is 5.41 Å². The monoisotopic (exact) mass is 359 g/mol. The van der Waals surface area contributed by atoms with Gasteiger partial charge in [0, 0.05) is 24.0 Å². The zero-order valence-corrected chi connectivity index (χ0v) is 16.2. The maximum atomic E-state index is 9.39. The summed E-state index contributed by atoms with van der Waals surface area (Å²) in [6, 6.07) is 13.3. The van der Waals surface area contributed by atoms with E-state index in [0.717, 1.165) is 22.1 Å². The molecule has 3 aromatic rings. The molecule has 4 heteroatoms. The van der Waals surface area contributed by atoms with Crippen LogP contribution in [0.25, 0.3) is 22.0 Å². The lowest BCUT2D eigenvalue weighted by atomic mass is 9.85. The molecule has 0 bridgehead atoms. The Morgan fingerprint density at radius 1 is 1.15 bits per heavy atom. The number of hydrogen-bond donors (Lipinski definition) is 0. The number of fused-ring (bicyclic) bond motifs is 1. The van der Waals surface area contributed by atoms with Crippen LogP contribution in [0.4, 0.5) is 0 Å². The second-order valence-electron chi connectivity index (χ2n) is 7.92. The van der Waals surface area contributed by atoms with Crippen molar-refractivity contribution < 1.29 is 4.74 Å². The lowest BCUT2D eigenvalue weighted by Crippen LogP contribution is -2.13. The third kappa shape index (κ3) is 2.98. The minimum atomic E-state index is -0.490. The first-order valence-corrected chi connectivity index (χ1v) is 9.61. The molecule has 4 nitrogen and oxygen atoms in total. The summed E-state index contributed by atoms with van der Waals surface area (Å²) in [7, 11) is 1.68. The van der Waals surface area contributed by atoms with Crippen molar-refractivity contribution in [1.29, 1.82) is 5.26 Å². The van der Waals surface area contributed by atoms with Gasteiger partial charge in [0.1, 0.15) is 0 Å². The summed E-state index contributed by atoms with van der Waals surface area (Å²) < 4.78 is 8.01. The molecule has 1 saturated carbocycles. The molecule has 0 atom stereocenters. The van der Waals surface area contributed by atoms with Crippen LogP contribution in [0.1, 0.15) is 51.1 Å². The summed E-state index contributed by atoms with van der Waals surface area (Å²) in [6.45, 7) is 3.89. The molecule has 138 valence electrons. The Kier molecular flexibility index (Phi) is 4.39. The van der Waals surface area contributed by atoms with Gasteiger partial charge in [0.05, 0.1) is 29.5 Å². The van der Waals surface area contributed by atoms with Gasteiger partial charge in [-0.25, -0.2) is 4.98 Å². The van der Waals surface area contributed by atoms with Gasteiger partial charge in [0.15, 0.2) is 0 Å². The molecule has 1 aliphatic carbocycles. The normalized spacial score (nSPS) is 15.2. The number of hydrogen-bond acceptors (Lipinski definition) is 3. The fourth-order valence-electron chi connectivity index (χ4n) is 4.16. The molecule has 1 aliphatic rings. The Morgan fingerprint density at radius 3 is 2.48 bits per heavy atom. The molecule has 1 aromatic carbocycles. The molecule has 0 aliphatic heterocycles. The number of nitriles is 1. The maximum absolute atomic E-state index is 9.39. The number of methoxy groups -OCH3 is 1. The van der Waals surface area contributed by atoms with E-state index in [1.807, 2.05) is 20.0 Å². The van der Waals surface area contributed by atoms with Gasteiger partial charge in [-0.2, -0.15) is 5.26 Å². The smallest absolute Gasteiger partial charge is 0.223 e. The minimum Gasteiger partial charge on any atom is -0.480 e. The Bertz CT molecular complexity index is 1000. The zero-order chi connectivity index (χ0) is 19.0. The standard InChI is InChI=1S/C23H25N3O/c1-23(2,15-24)17-10-8-16(9-11-17)19-14-26(18-6-4-5-7-18)20-12-13-25-22(27-3)21(19)20/h8-14,18H,4-7H2,1-3H3. The molecule has 0 saturated heterocycles. The van der Waals surface area contributed by atoms with Crippen LogP contribution in [0, 0.1) is 11.3 Å². The predicted octanol–water partition coefficient (Wildman–Crippen LogP) is 5.63. The van der Waals surface area contributed by atoms with Gasteiger partial charge in [-0.1, -0.05) is 37.1 Å². The van der Waals surface area contributed by atoms with E-state index in [1.54, 1.807) is 7.11 Å². The first-order chi connectivity index (χ1) is 13.0. The van der Waals surface area contributed by atoms with Crippen molar-refractivity contribution in [3.8, 4) is 23.1 Å². The first kappa shape index (κ1) is 17.6. The molecule has 2 aromatic heterocycles. The SMILES string of the molecule is COc1nccc2c1c(-c1ccc(C(C)(C)C#N)cc1)cn2C1CCCC1. The fourth-order valence-corrected chi connectivity index (χ4v) is 4.16. The Morgan fingerprint density at radius 2 is 1.85 bits per heavy atom. The molecule has 1 fully saturated rings.